The first-order valence-corrected chi connectivity index (χ1v) is 5.69. The third-order valence-electron chi connectivity index (χ3n) is 2.10. The first-order chi connectivity index (χ1) is 7.31. The molecule has 0 N–H and O–H groups in total. The van der Waals surface area contributed by atoms with Crippen LogP contribution in [0.4, 0.5) is 0 Å². The maximum absolute atomic E-state index is 11.1. The monoisotopic (exact) mass is 210 g/mol. The summed E-state index contributed by atoms with van der Waals surface area (Å²) in [6.45, 7) is 5.86. The second-order valence-electron chi connectivity index (χ2n) is 3.49. The number of hydrogen-bond donors (Lipinski definition) is 0. The van der Waals surface area contributed by atoms with Gasteiger partial charge in [-0.1, -0.05) is 37.6 Å². The van der Waals surface area contributed by atoms with Crippen LogP contribution in [0.2, 0.25) is 0 Å². The number of rotatable bonds is 9. The third-order valence-corrected chi connectivity index (χ3v) is 2.10. The molecular weight excluding hydrogens is 188 g/mol. The van der Waals surface area contributed by atoms with E-state index in [1.54, 1.807) is 6.08 Å². The Labute approximate surface area is 93.0 Å². The van der Waals surface area contributed by atoms with Gasteiger partial charge in [0.2, 0.25) is 0 Å². The van der Waals surface area contributed by atoms with Crippen LogP contribution in [0.15, 0.2) is 24.8 Å². The number of unbranched alkanes of at least 4 members (excludes halogenated alkanes) is 4. The van der Waals surface area contributed by atoms with Gasteiger partial charge in [-0.3, -0.25) is 4.79 Å². The number of carbonyl (C=O) groups is 1. The molecular formula is C13H22O2. The Hall–Kier alpha value is -1.05. The van der Waals surface area contributed by atoms with Gasteiger partial charge in [0.15, 0.2) is 0 Å². The number of allylic oxidation sites excluding steroid dienone is 2. The molecule has 0 saturated carbocycles. The molecule has 15 heavy (non-hydrogen) atoms. The maximum atomic E-state index is 11.1. The first-order valence-electron chi connectivity index (χ1n) is 5.69. The van der Waals surface area contributed by atoms with Crippen molar-refractivity contribution >= 4 is 5.97 Å². The minimum absolute atomic E-state index is 0.108. The van der Waals surface area contributed by atoms with Crippen molar-refractivity contribution in [2.75, 3.05) is 6.61 Å². The van der Waals surface area contributed by atoms with E-state index in [-0.39, 0.29) is 5.97 Å². The predicted molar refractivity (Wildman–Crippen MR) is 63.7 cm³/mol. The van der Waals surface area contributed by atoms with E-state index in [0.29, 0.717) is 13.0 Å². The van der Waals surface area contributed by atoms with Gasteiger partial charge < -0.3 is 4.74 Å². The number of hydrogen-bond acceptors (Lipinski definition) is 2. The molecule has 2 heteroatoms. The smallest absolute Gasteiger partial charge is 0.306 e. The first kappa shape index (κ1) is 13.9. The summed E-state index contributed by atoms with van der Waals surface area (Å²) in [5, 5.41) is 0. The highest BCUT2D eigenvalue weighted by Crippen LogP contribution is 2.06. The molecule has 0 fully saturated rings. The average Bonchev–Trinajstić information content (AvgIpc) is 2.25. The van der Waals surface area contributed by atoms with Crippen molar-refractivity contribution < 1.29 is 9.53 Å². The number of carbonyl (C=O) groups excluding carboxylic acids is 1. The van der Waals surface area contributed by atoms with Crippen LogP contribution in [-0.4, -0.2) is 12.6 Å². The van der Waals surface area contributed by atoms with E-state index >= 15 is 0 Å². The molecule has 0 atom stereocenters. The Morgan fingerprint density at radius 2 is 2.00 bits per heavy atom. The standard InChI is InChI=1S/C13H22O2/c1-3-5-6-7-8-9-10-11-13(14)15-12-4-2/h3-5H,2,6-12H2,1H3/b5-3+. The van der Waals surface area contributed by atoms with Crippen LogP contribution in [0.1, 0.15) is 45.4 Å². The second kappa shape index (κ2) is 11.0. The van der Waals surface area contributed by atoms with Crippen LogP contribution in [0.3, 0.4) is 0 Å². The Balaban J connectivity index is 3.16. The van der Waals surface area contributed by atoms with Crippen LogP contribution in [0.25, 0.3) is 0 Å². The lowest BCUT2D eigenvalue weighted by atomic mass is 10.1. The normalized spacial score (nSPS) is 10.5. The zero-order valence-corrected chi connectivity index (χ0v) is 9.71. The topological polar surface area (TPSA) is 26.3 Å². The van der Waals surface area contributed by atoms with Crippen LogP contribution in [0, 0.1) is 0 Å². The summed E-state index contributed by atoms with van der Waals surface area (Å²) in [5.41, 5.74) is 0. The van der Waals surface area contributed by atoms with Gasteiger partial charge in [0.05, 0.1) is 0 Å². The molecule has 0 aromatic heterocycles. The number of ether oxygens (including phenoxy) is 1. The van der Waals surface area contributed by atoms with Gasteiger partial charge in [-0.15, -0.1) is 0 Å². The Kier molecular flexibility index (Phi) is 10.3. The molecule has 0 aromatic carbocycles. The summed E-state index contributed by atoms with van der Waals surface area (Å²) in [6, 6.07) is 0. The van der Waals surface area contributed by atoms with E-state index in [4.69, 9.17) is 4.74 Å². The molecule has 2 nitrogen and oxygen atoms in total. The molecule has 0 bridgehead atoms. The van der Waals surface area contributed by atoms with Crippen molar-refractivity contribution in [3.63, 3.8) is 0 Å². The molecule has 0 aliphatic heterocycles. The highest BCUT2D eigenvalue weighted by Gasteiger charge is 2.00. The van der Waals surface area contributed by atoms with Gasteiger partial charge in [0, 0.05) is 6.42 Å². The highest BCUT2D eigenvalue weighted by atomic mass is 16.5. The van der Waals surface area contributed by atoms with Crippen molar-refractivity contribution in [2.24, 2.45) is 0 Å². The molecule has 0 aliphatic rings. The van der Waals surface area contributed by atoms with Crippen molar-refractivity contribution in [1.29, 1.82) is 0 Å². The summed E-state index contributed by atoms with van der Waals surface area (Å²) in [7, 11) is 0. The van der Waals surface area contributed by atoms with Gasteiger partial charge in [0.1, 0.15) is 6.61 Å². The summed E-state index contributed by atoms with van der Waals surface area (Å²) in [4.78, 5) is 11.1. The second-order valence-corrected chi connectivity index (χ2v) is 3.49. The molecule has 0 amide bonds. The van der Waals surface area contributed by atoms with Crippen molar-refractivity contribution in [2.45, 2.75) is 45.4 Å². The van der Waals surface area contributed by atoms with Gasteiger partial charge in [-0.2, -0.15) is 0 Å². The lowest BCUT2D eigenvalue weighted by molar-refractivity contribution is -0.142. The predicted octanol–water partition coefficient (Wildman–Crippen LogP) is 3.63. The van der Waals surface area contributed by atoms with Gasteiger partial charge >= 0.3 is 5.97 Å². The molecule has 0 aliphatic carbocycles. The third kappa shape index (κ3) is 10.9. The van der Waals surface area contributed by atoms with Crippen LogP contribution < -0.4 is 0 Å². The summed E-state index contributed by atoms with van der Waals surface area (Å²) >= 11 is 0. The molecule has 0 saturated heterocycles. The number of esters is 1. The molecule has 86 valence electrons. The maximum Gasteiger partial charge on any atom is 0.306 e. The van der Waals surface area contributed by atoms with Crippen molar-refractivity contribution in [3.05, 3.63) is 24.8 Å². The SMILES string of the molecule is C=CCOC(=O)CCCCCC/C=C/C. The van der Waals surface area contributed by atoms with Crippen LogP contribution >= 0.6 is 0 Å². The lowest BCUT2D eigenvalue weighted by Gasteiger charge is -2.01. The fourth-order valence-corrected chi connectivity index (χ4v) is 1.28. The zero-order valence-electron chi connectivity index (χ0n) is 9.71. The molecule has 0 rings (SSSR count). The summed E-state index contributed by atoms with van der Waals surface area (Å²) < 4.78 is 4.87. The van der Waals surface area contributed by atoms with E-state index in [1.165, 1.54) is 12.8 Å². The molecule has 0 spiro atoms. The fraction of sp³-hybridized carbons (Fsp3) is 0.615. The average molecular weight is 210 g/mol. The van der Waals surface area contributed by atoms with E-state index in [1.807, 2.05) is 6.92 Å². The lowest BCUT2D eigenvalue weighted by Crippen LogP contribution is -2.03. The minimum Gasteiger partial charge on any atom is -0.461 e. The summed E-state index contributed by atoms with van der Waals surface area (Å²) in [5.74, 6) is -0.108. The van der Waals surface area contributed by atoms with Crippen LogP contribution in [0.5, 0.6) is 0 Å². The van der Waals surface area contributed by atoms with E-state index in [0.717, 1.165) is 19.3 Å². The van der Waals surface area contributed by atoms with Gasteiger partial charge in [0.25, 0.3) is 0 Å². The fourth-order valence-electron chi connectivity index (χ4n) is 1.28. The Morgan fingerprint density at radius 3 is 2.67 bits per heavy atom. The Bertz CT molecular complexity index is 195. The van der Waals surface area contributed by atoms with Crippen molar-refractivity contribution in [1.82, 2.24) is 0 Å². The molecule has 0 heterocycles. The zero-order chi connectivity index (χ0) is 11.4. The van der Waals surface area contributed by atoms with E-state index < -0.39 is 0 Å². The van der Waals surface area contributed by atoms with E-state index in [9.17, 15) is 4.79 Å². The molecule has 0 aromatic rings. The molecule has 0 radical (unpaired) electrons. The largest absolute Gasteiger partial charge is 0.461 e. The Morgan fingerprint density at radius 1 is 1.27 bits per heavy atom. The molecule has 0 unspecified atom stereocenters. The highest BCUT2D eigenvalue weighted by molar-refractivity contribution is 5.69. The quantitative estimate of drug-likeness (QED) is 0.330. The van der Waals surface area contributed by atoms with E-state index in [2.05, 4.69) is 18.7 Å². The van der Waals surface area contributed by atoms with Crippen molar-refractivity contribution in [3.8, 4) is 0 Å². The summed E-state index contributed by atoms with van der Waals surface area (Å²) in [6.07, 6.45) is 12.0. The van der Waals surface area contributed by atoms with Gasteiger partial charge in [-0.05, 0) is 26.2 Å². The van der Waals surface area contributed by atoms with Gasteiger partial charge in [-0.25, -0.2) is 0 Å². The van der Waals surface area contributed by atoms with Crippen LogP contribution in [-0.2, 0) is 9.53 Å². The minimum atomic E-state index is -0.108.